The first kappa shape index (κ1) is 24.0. The predicted molar refractivity (Wildman–Crippen MR) is 128 cm³/mol. The summed E-state index contributed by atoms with van der Waals surface area (Å²) in [5, 5.41) is 2.78. The first-order valence-electron chi connectivity index (χ1n) is 10.5. The minimum atomic E-state index is -3.80. The number of esters is 1. The van der Waals surface area contributed by atoms with Crippen molar-refractivity contribution in [1.29, 1.82) is 0 Å². The van der Waals surface area contributed by atoms with Crippen LogP contribution in [0.4, 0.5) is 11.4 Å². The summed E-state index contributed by atoms with van der Waals surface area (Å²) in [6.07, 6.45) is 0.925. The molecule has 0 saturated heterocycles. The zero-order valence-corrected chi connectivity index (χ0v) is 19.3. The number of amides is 1. The van der Waals surface area contributed by atoms with Crippen LogP contribution >= 0.6 is 0 Å². The van der Waals surface area contributed by atoms with E-state index in [1.54, 1.807) is 30.3 Å². The van der Waals surface area contributed by atoms with Gasteiger partial charge >= 0.3 is 5.97 Å². The van der Waals surface area contributed by atoms with Gasteiger partial charge in [0.15, 0.2) is 6.61 Å². The van der Waals surface area contributed by atoms with Gasteiger partial charge in [-0.2, -0.15) is 0 Å². The number of rotatable bonds is 9. The molecule has 3 aromatic carbocycles. The Balaban J connectivity index is 1.58. The van der Waals surface area contributed by atoms with Crippen LogP contribution in [0.5, 0.6) is 0 Å². The van der Waals surface area contributed by atoms with Gasteiger partial charge in [-0.1, -0.05) is 50.2 Å². The molecular formula is C25H26N2O5S. The van der Waals surface area contributed by atoms with Crippen LogP contribution in [0.3, 0.4) is 0 Å². The number of para-hydroxylation sites is 2. The molecule has 0 fully saturated rings. The summed E-state index contributed by atoms with van der Waals surface area (Å²) < 4.78 is 32.5. The van der Waals surface area contributed by atoms with Crippen molar-refractivity contribution in [1.82, 2.24) is 0 Å². The van der Waals surface area contributed by atoms with E-state index in [-0.39, 0.29) is 16.4 Å². The lowest BCUT2D eigenvalue weighted by Gasteiger charge is -2.15. The molecule has 0 heterocycles. The zero-order valence-electron chi connectivity index (χ0n) is 18.4. The Hall–Kier alpha value is -3.65. The number of nitrogens with one attached hydrogen (secondary N) is 2. The number of ether oxygens (including phenoxy) is 1. The largest absolute Gasteiger partial charge is 0.452 e. The fourth-order valence-corrected chi connectivity index (χ4v) is 4.21. The average molecular weight is 467 g/mol. The molecule has 7 nitrogen and oxygen atoms in total. The Bertz CT molecular complexity index is 1210. The van der Waals surface area contributed by atoms with E-state index >= 15 is 0 Å². The molecule has 0 aliphatic rings. The Labute approximate surface area is 193 Å². The highest BCUT2D eigenvalue weighted by Gasteiger charge is 2.17. The zero-order chi connectivity index (χ0) is 23.8. The molecule has 172 valence electrons. The molecule has 1 atom stereocenters. The maximum absolute atomic E-state index is 12.5. The fraction of sp³-hybridized carbons (Fsp3) is 0.200. The highest BCUT2D eigenvalue weighted by atomic mass is 32.2. The van der Waals surface area contributed by atoms with Gasteiger partial charge in [-0.15, -0.1) is 0 Å². The van der Waals surface area contributed by atoms with Crippen molar-refractivity contribution in [2.45, 2.75) is 31.1 Å². The van der Waals surface area contributed by atoms with Crippen LogP contribution in [0.25, 0.3) is 0 Å². The molecule has 0 aliphatic carbocycles. The van der Waals surface area contributed by atoms with Crippen LogP contribution in [0.1, 0.15) is 42.1 Å². The van der Waals surface area contributed by atoms with Gasteiger partial charge in [0.25, 0.3) is 15.9 Å². The topological polar surface area (TPSA) is 102 Å². The molecule has 33 heavy (non-hydrogen) atoms. The first-order valence-corrected chi connectivity index (χ1v) is 12.0. The van der Waals surface area contributed by atoms with Gasteiger partial charge in [0, 0.05) is 11.4 Å². The summed E-state index contributed by atoms with van der Waals surface area (Å²) in [5.74, 6) is -0.902. The van der Waals surface area contributed by atoms with Crippen molar-refractivity contribution in [2.75, 3.05) is 16.6 Å². The molecule has 1 amide bonds. The summed E-state index contributed by atoms with van der Waals surface area (Å²) in [6.45, 7) is 3.69. The van der Waals surface area contributed by atoms with Crippen molar-refractivity contribution in [2.24, 2.45) is 0 Å². The third-order valence-electron chi connectivity index (χ3n) is 5.14. The molecule has 0 bridgehead atoms. The van der Waals surface area contributed by atoms with E-state index in [9.17, 15) is 18.0 Å². The average Bonchev–Trinajstić information content (AvgIpc) is 2.83. The molecule has 0 saturated carbocycles. The first-order chi connectivity index (χ1) is 15.8. The Morgan fingerprint density at radius 3 is 2.21 bits per heavy atom. The van der Waals surface area contributed by atoms with Gasteiger partial charge in [0.05, 0.1) is 10.5 Å². The quantitative estimate of drug-likeness (QED) is 0.441. The number of hydrogen-bond donors (Lipinski definition) is 2. The highest BCUT2D eigenvalue weighted by Crippen LogP contribution is 2.26. The number of anilines is 2. The Kier molecular flexibility index (Phi) is 7.84. The molecule has 1 unspecified atom stereocenters. The number of carbonyl (C=O) groups is 2. The maximum atomic E-state index is 12.5. The molecule has 0 spiro atoms. The highest BCUT2D eigenvalue weighted by molar-refractivity contribution is 7.92. The third-order valence-corrected chi connectivity index (χ3v) is 6.54. The van der Waals surface area contributed by atoms with Gasteiger partial charge < -0.3 is 10.1 Å². The minimum Gasteiger partial charge on any atom is -0.452 e. The molecular weight excluding hydrogens is 440 g/mol. The normalized spacial score (nSPS) is 11.9. The van der Waals surface area contributed by atoms with E-state index in [1.165, 1.54) is 24.3 Å². The molecule has 0 aromatic heterocycles. The second-order valence-corrected chi connectivity index (χ2v) is 9.20. The van der Waals surface area contributed by atoms with E-state index in [1.807, 2.05) is 24.3 Å². The second kappa shape index (κ2) is 10.8. The van der Waals surface area contributed by atoms with Gasteiger partial charge in [0.1, 0.15) is 0 Å². The Morgan fingerprint density at radius 2 is 1.55 bits per heavy atom. The molecule has 2 N–H and O–H groups in total. The van der Waals surface area contributed by atoms with E-state index in [0.717, 1.165) is 12.0 Å². The van der Waals surface area contributed by atoms with E-state index in [4.69, 9.17) is 4.74 Å². The molecule has 0 radical (unpaired) electrons. The summed E-state index contributed by atoms with van der Waals surface area (Å²) in [7, 11) is -3.80. The smallest absolute Gasteiger partial charge is 0.338 e. The van der Waals surface area contributed by atoms with Crippen molar-refractivity contribution >= 4 is 33.3 Å². The lowest BCUT2D eigenvalue weighted by molar-refractivity contribution is -0.119. The van der Waals surface area contributed by atoms with Gasteiger partial charge in [-0.25, -0.2) is 13.2 Å². The van der Waals surface area contributed by atoms with E-state index in [2.05, 4.69) is 23.9 Å². The minimum absolute atomic E-state index is 0.00213. The van der Waals surface area contributed by atoms with Crippen molar-refractivity contribution in [3.63, 3.8) is 0 Å². The summed E-state index contributed by atoms with van der Waals surface area (Å²) in [6, 6.07) is 21.3. The van der Waals surface area contributed by atoms with Crippen molar-refractivity contribution in [3.8, 4) is 0 Å². The van der Waals surface area contributed by atoms with Gasteiger partial charge in [0.2, 0.25) is 0 Å². The van der Waals surface area contributed by atoms with Crippen LogP contribution < -0.4 is 10.0 Å². The predicted octanol–water partition coefficient (Wildman–Crippen LogP) is 4.80. The summed E-state index contributed by atoms with van der Waals surface area (Å²) >= 11 is 0. The van der Waals surface area contributed by atoms with Crippen LogP contribution in [-0.2, 0) is 19.6 Å². The molecule has 3 aromatic rings. The fourth-order valence-electron chi connectivity index (χ4n) is 3.15. The SMILES string of the molecule is CCC(C)c1ccccc1NC(=O)COC(=O)c1ccc(S(=O)(=O)Nc2ccccc2)cc1. The van der Waals surface area contributed by atoms with E-state index < -0.39 is 28.5 Å². The van der Waals surface area contributed by atoms with Gasteiger partial charge in [-0.05, 0) is 60.4 Å². The van der Waals surface area contributed by atoms with Crippen LogP contribution in [0.15, 0.2) is 83.8 Å². The molecule has 3 rings (SSSR count). The third kappa shape index (κ3) is 6.43. The lowest BCUT2D eigenvalue weighted by Crippen LogP contribution is -2.22. The summed E-state index contributed by atoms with van der Waals surface area (Å²) in [4.78, 5) is 24.6. The van der Waals surface area contributed by atoms with Gasteiger partial charge in [-0.3, -0.25) is 9.52 Å². The van der Waals surface area contributed by atoms with Crippen LogP contribution in [0.2, 0.25) is 0 Å². The second-order valence-electron chi connectivity index (χ2n) is 7.52. The number of sulfonamides is 1. The molecule has 0 aliphatic heterocycles. The van der Waals surface area contributed by atoms with Crippen molar-refractivity contribution in [3.05, 3.63) is 90.0 Å². The van der Waals surface area contributed by atoms with Crippen LogP contribution in [0, 0.1) is 0 Å². The van der Waals surface area contributed by atoms with Crippen LogP contribution in [-0.4, -0.2) is 26.9 Å². The molecule has 8 heteroatoms. The number of carbonyl (C=O) groups excluding carboxylic acids is 2. The number of hydrogen-bond acceptors (Lipinski definition) is 5. The standard InChI is InChI=1S/C25H26N2O5S/c1-3-18(2)22-11-7-8-12-23(22)26-24(28)17-32-25(29)19-13-15-21(16-14-19)33(30,31)27-20-9-5-4-6-10-20/h4-16,18,27H,3,17H2,1-2H3,(H,26,28). The monoisotopic (exact) mass is 466 g/mol. The summed E-state index contributed by atoms with van der Waals surface area (Å²) in [5.41, 5.74) is 2.28. The Morgan fingerprint density at radius 1 is 0.909 bits per heavy atom. The lowest BCUT2D eigenvalue weighted by atomic mass is 9.97. The number of benzene rings is 3. The maximum Gasteiger partial charge on any atom is 0.338 e. The van der Waals surface area contributed by atoms with Crippen molar-refractivity contribution < 1.29 is 22.7 Å². The van der Waals surface area contributed by atoms with E-state index in [0.29, 0.717) is 11.4 Å².